The lowest BCUT2D eigenvalue weighted by Crippen LogP contribution is -2.53. The molecular formula is C18H20FN7O2. The van der Waals surface area contributed by atoms with Crippen LogP contribution in [-0.4, -0.2) is 73.6 Å². The Labute approximate surface area is 160 Å². The number of carbonyl (C=O) groups is 2. The zero-order valence-corrected chi connectivity index (χ0v) is 15.2. The molecule has 1 unspecified atom stereocenters. The van der Waals surface area contributed by atoms with Crippen LogP contribution in [0.5, 0.6) is 0 Å². The standard InChI is InChI=1S/C18H20FN7O2/c19-14-9-11(3-4-20-14)18(28)25-6-5-24-7-8-26-15(13(24)10-25)22-23-16(26)17(27)21-12-1-2-12/h3-4,9,12-13H,1-2,5-8,10H2,(H,21,27). The second-order valence-corrected chi connectivity index (χ2v) is 7.45. The summed E-state index contributed by atoms with van der Waals surface area (Å²) in [6, 6.07) is 2.79. The summed E-state index contributed by atoms with van der Waals surface area (Å²) in [4.78, 5) is 32.7. The van der Waals surface area contributed by atoms with Gasteiger partial charge < -0.3 is 14.8 Å². The van der Waals surface area contributed by atoms with Crippen molar-refractivity contribution < 1.29 is 14.0 Å². The van der Waals surface area contributed by atoms with Crippen LogP contribution >= 0.6 is 0 Å². The fourth-order valence-electron chi connectivity index (χ4n) is 3.89. The first kappa shape index (κ1) is 17.2. The number of nitrogens with zero attached hydrogens (tertiary/aromatic N) is 6. The summed E-state index contributed by atoms with van der Waals surface area (Å²) in [5.41, 5.74) is 0.280. The first-order valence-corrected chi connectivity index (χ1v) is 9.49. The third-order valence-corrected chi connectivity index (χ3v) is 5.56. The number of pyridine rings is 1. The molecule has 3 aliphatic rings. The van der Waals surface area contributed by atoms with E-state index in [9.17, 15) is 14.0 Å². The van der Waals surface area contributed by atoms with Crippen LogP contribution in [0.25, 0.3) is 0 Å². The fraction of sp³-hybridized carbons (Fsp3) is 0.500. The first-order valence-electron chi connectivity index (χ1n) is 9.49. The monoisotopic (exact) mass is 385 g/mol. The van der Waals surface area contributed by atoms with Gasteiger partial charge in [0.25, 0.3) is 11.8 Å². The van der Waals surface area contributed by atoms with Gasteiger partial charge >= 0.3 is 0 Å². The molecule has 0 spiro atoms. The predicted octanol–water partition coefficient (Wildman–Crippen LogP) is 0.217. The van der Waals surface area contributed by atoms with Gasteiger partial charge in [0, 0.05) is 56.6 Å². The molecule has 28 heavy (non-hydrogen) atoms. The van der Waals surface area contributed by atoms with Crippen molar-refractivity contribution in [3.63, 3.8) is 0 Å². The van der Waals surface area contributed by atoms with Crippen molar-refractivity contribution in [2.45, 2.75) is 31.5 Å². The van der Waals surface area contributed by atoms with E-state index in [0.717, 1.165) is 25.5 Å². The maximum Gasteiger partial charge on any atom is 0.289 e. The highest BCUT2D eigenvalue weighted by molar-refractivity contribution is 5.94. The molecule has 2 amide bonds. The molecule has 1 saturated carbocycles. The van der Waals surface area contributed by atoms with E-state index in [4.69, 9.17) is 0 Å². The van der Waals surface area contributed by atoms with Crippen LogP contribution in [0.4, 0.5) is 4.39 Å². The topological polar surface area (TPSA) is 96.3 Å². The molecule has 2 aliphatic heterocycles. The molecule has 0 aromatic carbocycles. The smallest absolute Gasteiger partial charge is 0.289 e. The summed E-state index contributed by atoms with van der Waals surface area (Å²) in [5.74, 6) is -0.0602. The average Bonchev–Trinajstić information content (AvgIpc) is 3.40. The van der Waals surface area contributed by atoms with Gasteiger partial charge in [-0.05, 0) is 18.9 Å². The molecule has 0 bridgehead atoms. The zero-order chi connectivity index (χ0) is 19.3. The maximum absolute atomic E-state index is 13.4. The first-order chi connectivity index (χ1) is 13.6. The molecule has 2 aromatic heterocycles. The van der Waals surface area contributed by atoms with E-state index in [-0.39, 0.29) is 29.5 Å². The second kappa shape index (κ2) is 6.62. The van der Waals surface area contributed by atoms with Gasteiger partial charge in [0.05, 0.1) is 6.04 Å². The molecule has 5 rings (SSSR count). The average molecular weight is 385 g/mol. The summed E-state index contributed by atoms with van der Waals surface area (Å²) in [6.45, 7) is 3.09. The van der Waals surface area contributed by atoms with Crippen molar-refractivity contribution in [2.75, 3.05) is 26.2 Å². The Morgan fingerprint density at radius 1 is 1.14 bits per heavy atom. The summed E-state index contributed by atoms with van der Waals surface area (Å²) in [6.07, 6.45) is 3.31. The Bertz CT molecular complexity index is 942. The molecule has 0 radical (unpaired) electrons. The van der Waals surface area contributed by atoms with E-state index in [1.807, 2.05) is 4.57 Å². The van der Waals surface area contributed by atoms with Crippen LogP contribution in [0, 0.1) is 5.95 Å². The number of hydrogen-bond donors (Lipinski definition) is 1. The minimum absolute atomic E-state index is 0.131. The van der Waals surface area contributed by atoms with Crippen molar-refractivity contribution in [2.24, 2.45) is 0 Å². The Hall–Kier alpha value is -2.88. The summed E-state index contributed by atoms with van der Waals surface area (Å²) < 4.78 is 15.2. The number of rotatable bonds is 3. The van der Waals surface area contributed by atoms with Gasteiger partial charge in [-0.15, -0.1) is 10.2 Å². The third-order valence-electron chi connectivity index (χ3n) is 5.56. The highest BCUT2D eigenvalue weighted by Crippen LogP contribution is 2.29. The van der Waals surface area contributed by atoms with Crippen LogP contribution in [0.3, 0.4) is 0 Å². The summed E-state index contributed by atoms with van der Waals surface area (Å²) in [5, 5.41) is 11.3. The van der Waals surface area contributed by atoms with E-state index >= 15 is 0 Å². The second-order valence-electron chi connectivity index (χ2n) is 7.45. The van der Waals surface area contributed by atoms with Crippen molar-refractivity contribution in [3.8, 4) is 0 Å². The number of fused-ring (bicyclic) bond motifs is 3. The molecule has 2 fully saturated rings. The van der Waals surface area contributed by atoms with E-state index in [0.29, 0.717) is 37.8 Å². The lowest BCUT2D eigenvalue weighted by molar-refractivity contribution is 0.0372. The highest BCUT2D eigenvalue weighted by atomic mass is 19.1. The van der Waals surface area contributed by atoms with E-state index in [1.54, 1.807) is 4.90 Å². The summed E-state index contributed by atoms with van der Waals surface area (Å²) in [7, 11) is 0. The maximum atomic E-state index is 13.4. The molecule has 146 valence electrons. The Morgan fingerprint density at radius 3 is 2.75 bits per heavy atom. The quantitative estimate of drug-likeness (QED) is 0.760. The fourth-order valence-corrected chi connectivity index (χ4v) is 3.89. The van der Waals surface area contributed by atoms with Crippen LogP contribution in [0.1, 0.15) is 45.7 Å². The van der Waals surface area contributed by atoms with Gasteiger partial charge in [-0.1, -0.05) is 0 Å². The minimum Gasteiger partial charge on any atom is -0.347 e. The van der Waals surface area contributed by atoms with Gasteiger partial charge in [-0.25, -0.2) is 4.98 Å². The zero-order valence-electron chi connectivity index (χ0n) is 15.2. The van der Waals surface area contributed by atoms with Gasteiger partial charge in [0.15, 0.2) is 5.82 Å². The SMILES string of the molecule is O=C(NC1CC1)c1nnc2n1CCN1CCN(C(=O)c3ccnc(F)c3)CC21. The molecule has 1 aliphatic carbocycles. The number of aromatic nitrogens is 4. The van der Waals surface area contributed by atoms with Crippen molar-refractivity contribution in [3.05, 3.63) is 41.5 Å². The van der Waals surface area contributed by atoms with Crippen LogP contribution in [0.15, 0.2) is 18.3 Å². The molecule has 2 aromatic rings. The Balaban J connectivity index is 1.37. The molecule has 1 saturated heterocycles. The van der Waals surface area contributed by atoms with Gasteiger partial charge in [-0.3, -0.25) is 14.5 Å². The minimum atomic E-state index is -0.673. The molecule has 9 nitrogen and oxygen atoms in total. The summed E-state index contributed by atoms with van der Waals surface area (Å²) >= 11 is 0. The van der Waals surface area contributed by atoms with E-state index in [1.165, 1.54) is 12.3 Å². The molecule has 1 N–H and O–H groups in total. The van der Waals surface area contributed by atoms with Crippen LogP contribution in [-0.2, 0) is 6.54 Å². The van der Waals surface area contributed by atoms with Gasteiger partial charge in [0.2, 0.25) is 11.8 Å². The van der Waals surface area contributed by atoms with Crippen molar-refractivity contribution in [1.29, 1.82) is 0 Å². The Morgan fingerprint density at radius 2 is 1.96 bits per heavy atom. The van der Waals surface area contributed by atoms with Crippen LogP contribution < -0.4 is 5.32 Å². The molecule has 4 heterocycles. The van der Waals surface area contributed by atoms with E-state index < -0.39 is 5.95 Å². The number of carbonyl (C=O) groups excluding carboxylic acids is 2. The van der Waals surface area contributed by atoms with Crippen molar-refractivity contribution in [1.82, 2.24) is 34.9 Å². The Kier molecular flexibility index (Phi) is 4.08. The molecule has 10 heteroatoms. The number of piperazine rings is 1. The van der Waals surface area contributed by atoms with E-state index in [2.05, 4.69) is 25.4 Å². The number of halogens is 1. The third kappa shape index (κ3) is 3.03. The number of amides is 2. The highest BCUT2D eigenvalue weighted by Gasteiger charge is 2.38. The van der Waals surface area contributed by atoms with Gasteiger partial charge in [0.1, 0.15) is 0 Å². The number of hydrogen-bond acceptors (Lipinski definition) is 6. The molecule has 1 atom stereocenters. The number of nitrogens with one attached hydrogen (secondary N) is 1. The van der Waals surface area contributed by atoms with Crippen LogP contribution in [0.2, 0.25) is 0 Å². The largest absolute Gasteiger partial charge is 0.347 e. The lowest BCUT2D eigenvalue weighted by atomic mass is 10.1. The lowest BCUT2D eigenvalue weighted by Gasteiger charge is -2.43. The predicted molar refractivity (Wildman–Crippen MR) is 94.9 cm³/mol. The molecular weight excluding hydrogens is 365 g/mol. The van der Waals surface area contributed by atoms with Gasteiger partial charge in [-0.2, -0.15) is 4.39 Å². The normalized spacial score (nSPS) is 21.8. The van der Waals surface area contributed by atoms with Crippen molar-refractivity contribution >= 4 is 11.8 Å².